The summed E-state index contributed by atoms with van der Waals surface area (Å²) in [5, 5.41) is 9.73. The molecule has 0 aliphatic carbocycles. The van der Waals surface area contributed by atoms with Gasteiger partial charge >= 0.3 is 10.1 Å². The summed E-state index contributed by atoms with van der Waals surface area (Å²) in [4.78, 5) is 0. The third-order valence-electron chi connectivity index (χ3n) is 2.40. The molecule has 0 saturated heterocycles. The summed E-state index contributed by atoms with van der Waals surface area (Å²) in [6.45, 7) is 0. The van der Waals surface area contributed by atoms with Crippen LogP contribution in [0.25, 0.3) is 6.08 Å². The van der Waals surface area contributed by atoms with Gasteiger partial charge < -0.3 is 4.18 Å². The van der Waals surface area contributed by atoms with Gasteiger partial charge in [-0.15, -0.1) is 0 Å². The monoisotopic (exact) mass is 285 g/mol. The third kappa shape index (κ3) is 3.97. The topological polar surface area (TPSA) is 67.2 Å². The molecule has 0 radical (unpaired) electrons. The van der Waals surface area contributed by atoms with Crippen LogP contribution in [0.1, 0.15) is 11.1 Å². The highest BCUT2D eigenvalue weighted by Gasteiger charge is 2.08. The first-order valence-corrected chi connectivity index (χ1v) is 7.24. The van der Waals surface area contributed by atoms with Crippen LogP contribution in [0.4, 0.5) is 0 Å². The molecule has 0 fully saturated rings. The molecule has 0 heterocycles. The van der Waals surface area contributed by atoms with Crippen LogP contribution in [-0.2, 0) is 10.1 Å². The molecule has 0 unspecified atom stereocenters. The maximum absolute atomic E-state index is 11.8. The smallest absolute Gasteiger partial charge is 0.332 e. The first-order valence-electron chi connectivity index (χ1n) is 5.77. The second-order valence-corrected chi connectivity index (χ2v) is 5.35. The zero-order valence-electron chi connectivity index (χ0n) is 10.4. The van der Waals surface area contributed by atoms with Crippen molar-refractivity contribution in [1.29, 1.82) is 5.26 Å². The van der Waals surface area contributed by atoms with Crippen molar-refractivity contribution in [2.45, 2.75) is 0 Å². The lowest BCUT2D eigenvalue weighted by Crippen LogP contribution is -2.05. The van der Waals surface area contributed by atoms with Gasteiger partial charge in [0.25, 0.3) is 0 Å². The van der Waals surface area contributed by atoms with E-state index in [0.29, 0.717) is 5.56 Å². The molecule has 2 aromatic carbocycles. The van der Waals surface area contributed by atoms with E-state index < -0.39 is 10.1 Å². The first-order chi connectivity index (χ1) is 9.59. The Hall–Kier alpha value is -2.58. The van der Waals surface area contributed by atoms with Crippen LogP contribution in [0.5, 0.6) is 5.75 Å². The largest absolute Gasteiger partial charge is 0.379 e. The molecular formula is C15H11NO3S. The summed E-state index contributed by atoms with van der Waals surface area (Å²) in [7, 11) is -3.85. The number of benzene rings is 2. The minimum Gasteiger partial charge on any atom is -0.379 e. The summed E-state index contributed by atoms with van der Waals surface area (Å²) < 4.78 is 28.5. The maximum atomic E-state index is 11.8. The van der Waals surface area contributed by atoms with E-state index in [1.807, 2.05) is 24.3 Å². The van der Waals surface area contributed by atoms with Gasteiger partial charge in [0.2, 0.25) is 0 Å². The Kier molecular flexibility index (Phi) is 4.18. The zero-order chi connectivity index (χ0) is 14.4. The third-order valence-corrected chi connectivity index (χ3v) is 3.30. The quantitative estimate of drug-likeness (QED) is 0.810. The lowest BCUT2D eigenvalue weighted by atomic mass is 10.2. The van der Waals surface area contributed by atoms with Gasteiger partial charge in [-0.3, -0.25) is 0 Å². The molecule has 0 aromatic heterocycles. The Balaban J connectivity index is 2.15. The van der Waals surface area contributed by atoms with Crippen LogP contribution < -0.4 is 4.18 Å². The van der Waals surface area contributed by atoms with E-state index in [1.54, 1.807) is 24.3 Å². The van der Waals surface area contributed by atoms with Crippen molar-refractivity contribution in [2.75, 3.05) is 0 Å². The highest BCUT2D eigenvalue weighted by atomic mass is 32.2. The lowest BCUT2D eigenvalue weighted by molar-refractivity contribution is 0.497. The molecule has 2 rings (SSSR count). The van der Waals surface area contributed by atoms with E-state index in [2.05, 4.69) is 0 Å². The summed E-state index contributed by atoms with van der Waals surface area (Å²) in [6.07, 6.45) is 1.45. The number of nitriles is 1. The Morgan fingerprint density at radius 2 is 1.80 bits per heavy atom. The molecule has 0 aliphatic rings. The van der Waals surface area contributed by atoms with Gasteiger partial charge in [-0.25, -0.2) is 0 Å². The molecule has 0 amide bonds. The van der Waals surface area contributed by atoms with E-state index in [-0.39, 0.29) is 5.75 Å². The fourth-order valence-electron chi connectivity index (χ4n) is 1.51. The van der Waals surface area contributed by atoms with Gasteiger partial charge in [0.05, 0.1) is 17.0 Å². The van der Waals surface area contributed by atoms with E-state index in [4.69, 9.17) is 9.44 Å². The van der Waals surface area contributed by atoms with E-state index in [9.17, 15) is 8.42 Å². The van der Waals surface area contributed by atoms with Gasteiger partial charge in [-0.05, 0) is 29.8 Å². The van der Waals surface area contributed by atoms with Gasteiger partial charge in [-0.1, -0.05) is 36.4 Å². The molecule has 2 aromatic rings. The van der Waals surface area contributed by atoms with Crippen LogP contribution in [-0.4, -0.2) is 8.42 Å². The standard InChI is InChI=1S/C15H11NO3S/c16-12-14-7-4-8-15(11-14)19-20(17,18)10-9-13-5-2-1-3-6-13/h1-11H/b10-9+. The van der Waals surface area contributed by atoms with Gasteiger partial charge in [0, 0.05) is 0 Å². The molecule has 20 heavy (non-hydrogen) atoms. The van der Waals surface area contributed by atoms with Crippen LogP contribution in [0.2, 0.25) is 0 Å². The SMILES string of the molecule is N#Cc1cccc(OS(=O)(=O)/C=C/c2ccccc2)c1. The molecule has 0 bridgehead atoms. The van der Waals surface area contributed by atoms with E-state index >= 15 is 0 Å². The molecule has 0 spiro atoms. The van der Waals surface area contributed by atoms with Crippen molar-refractivity contribution in [2.24, 2.45) is 0 Å². The van der Waals surface area contributed by atoms with Crippen molar-refractivity contribution in [3.63, 3.8) is 0 Å². The molecule has 100 valence electrons. The average Bonchev–Trinajstić information content (AvgIpc) is 2.46. The Morgan fingerprint density at radius 3 is 2.50 bits per heavy atom. The number of nitrogens with zero attached hydrogens (tertiary/aromatic N) is 1. The minimum atomic E-state index is -3.85. The lowest BCUT2D eigenvalue weighted by Gasteiger charge is -2.03. The van der Waals surface area contributed by atoms with Crippen LogP contribution in [0, 0.1) is 11.3 Å². The fraction of sp³-hybridized carbons (Fsp3) is 0. The molecule has 0 saturated carbocycles. The number of rotatable bonds is 4. The predicted molar refractivity (Wildman–Crippen MR) is 76.2 cm³/mol. The zero-order valence-corrected chi connectivity index (χ0v) is 11.2. The molecular weight excluding hydrogens is 274 g/mol. The van der Waals surface area contributed by atoms with Crippen molar-refractivity contribution in [3.05, 3.63) is 71.1 Å². The summed E-state index contributed by atoms with van der Waals surface area (Å²) in [5.41, 5.74) is 1.09. The molecule has 5 heteroatoms. The Morgan fingerprint density at radius 1 is 1.05 bits per heavy atom. The summed E-state index contributed by atoms with van der Waals surface area (Å²) >= 11 is 0. The second kappa shape index (κ2) is 6.04. The molecule has 4 nitrogen and oxygen atoms in total. The highest BCUT2D eigenvalue weighted by molar-refractivity contribution is 7.90. The molecule has 0 atom stereocenters. The predicted octanol–water partition coefficient (Wildman–Crippen LogP) is 2.94. The van der Waals surface area contributed by atoms with Gasteiger partial charge in [0.1, 0.15) is 5.75 Å². The maximum Gasteiger partial charge on any atom is 0.332 e. The van der Waals surface area contributed by atoms with Crippen molar-refractivity contribution in [1.82, 2.24) is 0 Å². The summed E-state index contributed by atoms with van der Waals surface area (Å²) in [6, 6.07) is 16.9. The van der Waals surface area contributed by atoms with Gasteiger partial charge in [-0.2, -0.15) is 13.7 Å². The van der Waals surface area contributed by atoms with Gasteiger partial charge in [0.15, 0.2) is 0 Å². The summed E-state index contributed by atoms with van der Waals surface area (Å²) in [5.74, 6) is 0.113. The fourth-order valence-corrected chi connectivity index (χ4v) is 2.26. The first kappa shape index (κ1) is 13.8. The Labute approximate surface area is 117 Å². The van der Waals surface area contributed by atoms with E-state index in [0.717, 1.165) is 11.0 Å². The highest BCUT2D eigenvalue weighted by Crippen LogP contribution is 2.16. The Bertz CT molecular complexity index is 759. The van der Waals surface area contributed by atoms with E-state index in [1.165, 1.54) is 18.2 Å². The molecule has 0 N–H and O–H groups in total. The average molecular weight is 285 g/mol. The van der Waals surface area contributed by atoms with Crippen LogP contribution >= 0.6 is 0 Å². The minimum absolute atomic E-state index is 0.113. The second-order valence-electron chi connectivity index (χ2n) is 3.93. The van der Waals surface area contributed by atoms with Crippen molar-refractivity contribution in [3.8, 4) is 11.8 Å². The normalized spacial score (nSPS) is 11.2. The van der Waals surface area contributed by atoms with Crippen molar-refractivity contribution < 1.29 is 12.6 Å². The van der Waals surface area contributed by atoms with Crippen molar-refractivity contribution >= 4 is 16.2 Å². The number of hydrogen-bond acceptors (Lipinski definition) is 4. The van der Waals surface area contributed by atoms with Crippen LogP contribution in [0.15, 0.2) is 60.0 Å². The van der Waals surface area contributed by atoms with Crippen LogP contribution in [0.3, 0.4) is 0 Å². The number of hydrogen-bond donors (Lipinski definition) is 0. The molecule has 0 aliphatic heterocycles.